The Bertz CT molecular complexity index is 356. The minimum atomic E-state index is 0.682. The molecule has 1 aromatic carbocycles. The Kier molecular flexibility index (Phi) is 4.19. The van der Waals surface area contributed by atoms with Crippen LogP contribution < -0.4 is 10.6 Å². The van der Waals surface area contributed by atoms with Crippen LogP contribution in [0, 0.1) is 20.8 Å². The topological polar surface area (TPSA) is 24.1 Å². The van der Waals surface area contributed by atoms with Gasteiger partial charge in [0.05, 0.1) is 0 Å². The summed E-state index contributed by atoms with van der Waals surface area (Å²) in [7, 11) is 0. The molecule has 94 valence electrons. The van der Waals surface area contributed by atoms with Crippen molar-refractivity contribution in [2.75, 3.05) is 19.6 Å². The third kappa shape index (κ3) is 3.30. The summed E-state index contributed by atoms with van der Waals surface area (Å²) in [5, 5.41) is 7.03. The van der Waals surface area contributed by atoms with E-state index < -0.39 is 0 Å². The molecule has 0 bridgehead atoms. The first-order valence-corrected chi connectivity index (χ1v) is 6.67. The normalized spacial score (nSPS) is 19.8. The van der Waals surface area contributed by atoms with Crippen LogP contribution in [0.1, 0.15) is 28.7 Å². The van der Waals surface area contributed by atoms with E-state index >= 15 is 0 Å². The summed E-state index contributed by atoms with van der Waals surface area (Å²) < 4.78 is 0. The molecule has 0 aliphatic carbocycles. The summed E-state index contributed by atoms with van der Waals surface area (Å²) in [6.07, 6.45) is 2.42. The predicted molar refractivity (Wildman–Crippen MR) is 73.6 cm³/mol. The minimum absolute atomic E-state index is 0.682. The first-order valence-electron chi connectivity index (χ1n) is 6.67. The second kappa shape index (κ2) is 5.65. The molecule has 2 N–H and O–H groups in total. The van der Waals surface area contributed by atoms with Gasteiger partial charge in [0.25, 0.3) is 0 Å². The zero-order valence-corrected chi connectivity index (χ0v) is 11.3. The highest BCUT2D eigenvalue weighted by Crippen LogP contribution is 2.16. The second-order valence-electron chi connectivity index (χ2n) is 5.27. The van der Waals surface area contributed by atoms with E-state index in [1.807, 2.05) is 0 Å². The molecule has 2 heteroatoms. The van der Waals surface area contributed by atoms with Crippen molar-refractivity contribution in [2.45, 2.75) is 39.7 Å². The Balaban J connectivity index is 1.89. The largest absolute Gasteiger partial charge is 0.315 e. The van der Waals surface area contributed by atoms with Gasteiger partial charge in [-0.15, -0.1) is 0 Å². The zero-order valence-electron chi connectivity index (χ0n) is 11.3. The molecule has 1 aliphatic rings. The number of benzene rings is 1. The van der Waals surface area contributed by atoms with Crippen LogP contribution in [0.3, 0.4) is 0 Å². The quantitative estimate of drug-likeness (QED) is 0.831. The third-order valence-electron chi connectivity index (χ3n) is 3.71. The number of aryl methyl sites for hydroxylation is 3. The average molecular weight is 232 g/mol. The fourth-order valence-corrected chi connectivity index (χ4v) is 2.83. The van der Waals surface area contributed by atoms with Crippen molar-refractivity contribution in [3.05, 3.63) is 34.4 Å². The molecule has 0 radical (unpaired) electrons. The minimum Gasteiger partial charge on any atom is -0.315 e. The summed E-state index contributed by atoms with van der Waals surface area (Å²) in [4.78, 5) is 0. The lowest BCUT2D eigenvalue weighted by molar-refractivity contribution is 0.549. The van der Waals surface area contributed by atoms with Crippen molar-refractivity contribution in [1.82, 2.24) is 10.6 Å². The molecule has 2 nitrogen and oxygen atoms in total. The molecule has 1 saturated heterocycles. The van der Waals surface area contributed by atoms with Crippen molar-refractivity contribution >= 4 is 0 Å². The van der Waals surface area contributed by atoms with Gasteiger partial charge in [-0.1, -0.05) is 17.7 Å². The summed E-state index contributed by atoms with van der Waals surface area (Å²) in [6.45, 7) is 10.0. The smallest absolute Gasteiger partial charge is 0.0204 e. The molecule has 0 saturated carbocycles. The van der Waals surface area contributed by atoms with Crippen LogP contribution in [0.4, 0.5) is 0 Å². The van der Waals surface area contributed by atoms with E-state index in [2.05, 4.69) is 43.5 Å². The van der Waals surface area contributed by atoms with E-state index in [4.69, 9.17) is 0 Å². The van der Waals surface area contributed by atoms with Gasteiger partial charge in [0.2, 0.25) is 0 Å². The van der Waals surface area contributed by atoms with E-state index in [1.165, 1.54) is 35.2 Å². The first kappa shape index (κ1) is 12.6. The van der Waals surface area contributed by atoms with Crippen LogP contribution in [0.15, 0.2) is 12.1 Å². The van der Waals surface area contributed by atoms with Gasteiger partial charge in [-0.2, -0.15) is 0 Å². The van der Waals surface area contributed by atoms with Gasteiger partial charge in [0, 0.05) is 12.6 Å². The molecule has 1 aliphatic heterocycles. The molecular formula is C15H24N2. The molecule has 0 spiro atoms. The number of rotatable bonds is 4. The van der Waals surface area contributed by atoms with E-state index in [0.717, 1.165) is 19.5 Å². The van der Waals surface area contributed by atoms with Crippen LogP contribution in [-0.2, 0) is 6.42 Å². The van der Waals surface area contributed by atoms with Gasteiger partial charge >= 0.3 is 0 Å². The molecule has 2 rings (SSSR count). The van der Waals surface area contributed by atoms with Crippen LogP contribution >= 0.6 is 0 Å². The summed E-state index contributed by atoms with van der Waals surface area (Å²) in [6, 6.07) is 5.26. The van der Waals surface area contributed by atoms with E-state index in [1.54, 1.807) is 0 Å². The molecular weight excluding hydrogens is 208 g/mol. The van der Waals surface area contributed by atoms with Gasteiger partial charge in [-0.25, -0.2) is 0 Å². The maximum Gasteiger partial charge on any atom is 0.0204 e. The Morgan fingerprint density at radius 3 is 2.53 bits per heavy atom. The Morgan fingerprint density at radius 2 is 1.94 bits per heavy atom. The fourth-order valence-electron chi connectivity index (χ4n) is 2.83. The van der Waals surface area contributed by atoms with Crippen molar-refractivity contribution in [1.29, 1.82) is 0 Å². The van der Waals surface area contributed by atoms with E-state index in [0.29, 0.717) is 6.04 Å². The maximum atomic E-state index is 3.64. The fraction of sp³-hybridized carbons (Fsp3) is 0.600. The molecule has 0 aromatic heterocycles. The second-order valence-corrected chi connectivity index (χ2v) is 5.27. The Hall–Kier alpha value is -0.860. The summed E-state index contributed by atoms with van der Waals surface area (Å²) >= 11 is 0. The molecule has 1 heterocycles. The lowest BCUT2D eigenvalue weighted by atomic mass is 9.97. The number of hydrogen-bond donors (Lipinski definition) is 2. The first-order chi connectivity index (χ1) is 8.16. The van der Waals surface area contributed by atoms with Gasteiger partial charge in [0.1, 0.15) is 0 Å². The van der Waals surface area contributed by atoms with Gasteiger partial charge in [0.15, 0.2) is 0 Å². The predicted octanol–water partition coefficient (Wildman–Crippen LogP) is 2.11. The summed E-state index contributed by atoms with van der Waals surface area (Å²) in [5.41, 5.74) is 5.77. The zero-order chi connectivity index (χ0) is 12.3. The Morgan fingerprint density at radius 1 is 1.24 bits per heavy atom. The van der Waals surface area contributed by atoms with Gasteiger partial charge in [-0.3, -0.25) is 0 Å². The van der Waals surface area contributed by atoms with Crippen molar-refractivity contribution in [2.24, 2.45) is 0 Å². The molecule has 1 aromatic rings. The highest BCUT2D eigenvalue weighted by molar-refractivity contribution is 5.37. The van der Waals surface area contributed by atoms with Crippen molar-refractivity contribution < 1.29 is 0 Å². The van der Waals surface area contributed by atoms with Crippen LogP contribution in [0.2, 0.25) is 0 Å². The van der Waals surface area contributed by atoms with Crippen molar-refractivity contribution in [3.8, 4) is 0 Å². The van der Waals surface area contributed by atoms with E-state index in [9.17, 15) is 0 Å². The molecule has 1 fully saturated rings. The monoisotopic (exact) mass is 232 g/mol. The molecule has 17 heavy (non-hydrogen) atoms. The van der Waals surface area contributed by atoms with Gasteiger partial charge < -0.3 is 10.6 Å². The van der Waals surface area contributed by atoms with Crippen molar-refractivity contribution in [3.63, 3.8) is 0 Å². The summed E-state index contributed by atoms with van der Waals surface area (Å²) in [5.74, 6) is 0. The highest BCUT2D eigenvalue weighted by Gasteiger charge is 2.13. The molecule has 1 atom stereocenters. The third-order valence-corrected chi connectivity index (χ3v) is 3.71. The van der Waals surface area contributed by atoms with Crippen LogP contribution in [0.25, 0.3) is 0 Å². The van der Waals surface area contributed by atoms with Gasteiger partial charge in [-0.05, 0) is 63.4 Å². The molecule has 0 amide bonds. The number of nitrogens with one attached hydrogen (secondary N) is 2. The van der Waals surface area contributed by atoms with Crippen LogP contribution in [0.5, 0.6) is 0 Å². The van der Waals surface area contributed by atoms with E-state index in [-0.39, 0.29) is 0 Å². The lowest BCUT2D eigenvalue weighted by Crippen LogP contribution is -2.32. The number of hydrogen-bond acceptors (Lipinski definition) is 2. The highest BCUT2D eigenvalue weighted by atomic mass is 15.0. The molecule has 1 unspecified atom stereocenters. The SMILES string of the molecule is Cc1cc(C)c(CCNC2CCNC2)c(C)c1. The lowest BCUT2D eigenvalue weighted by Gasteiger charge is -2.14. The van der Waals surface area contributed by atoms with Crippen LogP contribution in [-0.4, -0.2) is 25.7 Å². The standard InChI is InChI=1S/C15H24N2/c1-11-8-12(2)15(13(3)9-11)5-7-17-14-4-6-16-10-14/h8-9,14,16-17H,4-7,10H2,1-3H3. The average Bonchev–Trinajstić information content (AvgIpc) is 2.74. The Labute approximate surface area is 105 Å². The maximum absolute atomic E-state index is 3.64.